The van der Waals surface area contributed by atoms with E-state index in [2.05, 4.69) is 34.3 Å². The van der Waals surface area contributed by atoms with Gasteiger partial charge in [0.1, 0.15) is 0 Å². The van der Waals surface area contributed by atoms with E-state index in [1.54, 1.807) is 26.4 Å². The molecule has 0 saturated carbocycles. The fourth-order valence-corrected chi connectivity index (χ4v) is 6.25. The minimum atomic E-state index is -0.625. The van der Waals surface area contributed by atoms with Gasteiger partial charge < -0.3 is 29.5 Å². The van der Waals surface area contributed by atoms with E-state index in [4.69, 9.17) is 9.47 Å². The highest BCUT2D eigenvalue weighted by Gasteiger charge is 2.47. The molecule has 1 saturated heterocycles. The predicted octanol–water partition coefficient (Wildman–Crippen LogP) is 3.93. The van der Waals surface area contributed by atoms with Crippen LogP contribution in [0.3, 0.4) is 0 Å². The molecular weight excluding hydrogens is 492 g/mol. The average Bonchev–Trinajstić information content (AvgIpc) is 2.97. The Labute approximate surface area is 229 Å². The Bertz CT molecular complexity index is 1420. The average molecular weight is 527 g/mol. The van der Waals surface area contributed by atoms with Gasteiger partial charge in [0.25, 0.3) is 5.91 Å². The molecule has 39 heavy (non-hydrogen) atoms. The molecule has 202 valence electrons. The molecule has 2 atom stereocenters. The number of amides is 2. The first kappa shape index (κ1) is 25.2. The lowest BCUT2D eigenvalue weighted by Gasteiger charge is -2.45. The highest BCUT2D eigenvalue weighted by atomic mass is 16.5. The highest BCUT2D eigenvalue weighted by molar-refractivity contribution is 6.06. The maximum atomic E-state index is 14.4. The lowest BCUT2D eigenvalue weighted by molar-refractivity contribution is -0.119. The summed E-state index contributed by atoms with van der Waals surface area (Å²) in [4.78, 5) is 34.7. The van der Waals surface area contributed by atoms with Crippen LogP contribution in [-0.4, -0.2) is 75.6 Å². The standard InChI is InChI=1S/C31H34N4O4/c1-33-14-16-34(17-15-33)25-11-7-6-10-24(25)32-30(36)28-22-18-26(38-2)27(39-3)19-23(22)31(37)35-13-12-20-8-4-5-9-21(20)29(28)35/h4-11,18-19,28-29H,12-17H2,1-3H3,(H,32,36)/t28-,29+/m1/s1. The molecule has 3 heterocycles. The van der Waals surface area contributed by atoms with Gasteiger partial charge >= 0.3 is 0 Å². The number of hydrogen-bond acceptors (Lipinski definition) is 6. The van der Waals surface area contributed by atoms with Crippen molar-refractivity contribution in [3.8, 4) is 11.5 Å². The molecule has 0 unspecified atom stereocenters. The van der Waals surface area contributed by atoms with Crippen molar-refractivity contribution in [3.63, 3.8) is 0 Å². The van der Waals surface area contributed by atoms with Crippen LogP contribution in [0.15, 0.2) is 60.7 Å². The number of piperazine rings is 1. The number of methoxy groups -OCH3 is 2. The summed E-state index contributed by atoms with van der Waals surface area (Å²) in [5.41, 5.74) is 5.12. The molecule has 1 N–H and O–H groups in total. The summed E-state index contributed by atoms with van der Waals surface area (Å²) in [5.74, 6) is 0.105. The van der Waals surface area contributed by atoms with E-state index in [0.717, 1.165) is 49.5 Å². The number of carbonyl (C=O) groups excluding carboxylic acids is 2. The van der Waals surface area contributed by atoms with Gasteiger partial charge in [0, 0.05) is 38.3 Å². The van der Waals surface area contributed by atoms with Gasteiger partial charge in [0.15, 0.2) is 11.5 Å². The topological polar surface area (TPSA) is 74.4 Å². The van der Waals surface area contributed by atoms with Crippen molar-refractivity contribution in [3.05, 3.63) is 82.9 Å². The summed E-state index contributed by atoms with van der Waals surface area (Å²) in [6.07, 6.45) is 0.752. The van der Waals surface area contributed by atoms with E-state index in [1.807, 2.05) is 41.3 Å². The second-order valence-electron chi connectivity index (χ2n) is 10.5. The smallest absolute Gasteiger partial charge is 0.254 e. The number of para-hydroxylation sites is 2. The Morgan fingerprint density at radius 2 is 1.56 bits per heavy atom. The number of nitrogens with zero attached hydrogens (tertiary/aromatic N) is 3. The molecule has 3 aromatic carbocycles. The third-order valence-electron chi connectivity index (χ3n) is 8.32. The van der Waals surface area contributed by atoms with Crippen molar-refractivity contribution < 1.29 is 19.1 Å². The van der Waals surface area contributed by atoms with Crippen LogP contribution in [0.2, 0.25) is 0 Å². The Hall–Kier alpha value is -4.04. The zero-order valence-corrected chi connectivity index (χ0v) is 22.6. The van der Waals surface area contributed by atoms with E-state index in [9.17, 15) is 9.59 Å². The first-order chi connectivity index (χ1) is 19.0. The minimum absolute atomic E-state index is 0.0904. The quantitative estimate of drug-likeness (QED) is 0.543. The van der Waals surface area contributed by atoms with Crippen LogP contribution in [0.5, 0.6) is 11.5 Å². The number of rotatable bonds is 5. The van der Waals surface area contributed by atoms with Crippen LogP contribution in [0.25, 0.3) is 0 Å². The normalized spacial score (nSPS) is 20.5. The number of anilines is 2. The zero-order chi connectivity index (χ0) is 27.1. The Balaban J connectivity index is 1.44. The Morgan fingerprint density at radius 1 is 0.872 bits per heavy atom. The van der Waals surface area contributed by atoms with Gasteiger partial charge in [0.2, 0.25) is 5.91 Å². The molecular formula is C31H34N4O4. The second-order valence-corrected chi connectivity index (χ2v) is 10.5. The number of benzene rings is 3. The van der Waals surface area contributed by atoms with Gasteiger partial charge in [-0.3, -0.25) is 9.59 Å². The molecule has 0 aliphatic carbocycles. The lowest BCUT2D eigenvalue weighted by Crippen LogP contribution is -2.49. The fourth-order valence-electron chi connectivity index (χ4n) is 6.25. The first-order valence-corrected chi connectivity index (χ1v) is 13.5. The minimum Gasteiger partial charge on any atom is -0.493 e. The maximum Gasteiger partial charge on any atom is 0.254 e. The van der Waals surface area contributed by atoms with E-state index in [0.29, 0.717) is 29.2 Å². The van der Waals surface area contributed by atoms with Crippen LogP contribution >= 0.6 is 0 Å². The molecule has 3 aliphatic rings. The highest BCUT2D eigenvalue weighted by Crippen LogP contribution is 2.49. The molecule has 0 bridgehead atoms. The molecule has 0 aromatic heterocycles. The molecule has 6 rings (SSSR count). The van der Waals surface area contributed by atoms with Crippen molar-refractivity contribution in [2.45, 2.75) is 18.4 Å². The van der Waals surface area contributed by atoms with E-state index in [-0.39, 0.29) is 11.8 Å². The fraction of sp³-hybridized carbons (Fsp3) is 0.355. The van der Waals surface area contributed by atoms with Gasteiger partial charge in [-0.1, -0.05) is 36.4 Å². The third-order valence-corrected chi connectivity index (χ3v) is 8.32. The van der Waals surface area contributed by atoms with Crippen LogP contribution in [0.1, 0.15) is 39.0 Å². The van der Waals surface area contributed by atoms with E-state index < -0.39 is 12.0 Å². The summed E-state index contributed by atoms with van der Waals surface area (Å²) in [5, 5.41) is 3.27. The molecule has 8 heteroatoms. The van der Waals surface area contributed by atoms with Crippen molar-refractivity contribution in [2.75, 3.05) is 64.2 Å². The van der Waals surface area contributed by atoms with Crippen LogP contribution in [0.4, 0.5) is 11.4 Å². The van der Waals surface area contributed by atoms with Crippen molar-refractivity contribution in [2.24, 2.45) is 0 Å². The van der Waals surface area contributed by atoms with Crippen LogP contribution in [-0.2, 0) is 11.2 Å². The molecule has 1 fully saturated rings. The maximum absolute atomic E-state index is 14.4. The number of ether oxygens (including phenoxy) is 2. The third kappa shape index (κ3) is 4.38. The molecule has 3 aromatic rings. The van der Waals surface area contributed by atoms with Crippen molar-refractivity contribution in [1.82, 2.24) is 9.80 Å². The van der Waals surface area contributed by atoms with Crippen molar-refractivity contribution in [1.29, 1.82) is 0 Å². The van der Waals surface area contributed by atoms with Gasteiger partial charge in [-0.2, -0.15) is 0 Å². The number of fused-ring (bicyclic) bond motifs is 4. The number of carbonyl (C=O) groups is 2. The van der Waals surface area contributed by atoms with E-state index in [1.165, 1.54) is 5.56 Å². The number of nitrogens with one attached hydrogen (secondary N) is 1. The van der Waals surface area contributed by atoms with Gasteiger partial charge in [0.05, 0.1) is 37.6 Å². The predicted molar refractivity (Wildman–Crippen MR) is 151 cm³/mol. The van der Waals surface area contributed by atoms with Gasteiger partial charge in [-0.15, -0.1) is 0 Å². The van der Waals surface area contributed by atoms with Gasteiger partial charge in [-0.05, 0) is 54.4 Å². The Morgan fingerprint density at radius 3 is 2.33 bits per heavy atom. The molecule has 0 radical (unpaired) electrons. The number of likely N-dealkylation sites (N-methyl/N-ethyl adjacent to an activating group) is 1. The van der Waals surface area contributed by atoms with Crippen molar-refractivity contribution >= 4 is 23.2 Å². The largest absolute Gasteiger partial charge is 0.493 e. The summed E-state index contributed by atoms with van der Waals surface area (Å²) in [6.45, 7) is 4.28. The molecule has 8 nitrogen and oxygen atoms in total. The summed E-state index contributed by atoms with van der Waals surface area (Å²) < 4.78 is 11.1. The summed E-state index contributed by atoms with van der Waals surface area (Å²) in [6, 6.07) is 19.2. The monoisotopic (exact) mass is 526 g/mol. The second kappa shape index (κ2) is 10.3. The van der Waals surface area contributed by atoms with E-state index >= 15 is 0 Å². The number of hydrogen-bond donors (Lipinski definition) is 1. The SMILES string of the molecule is COc1cc2c(cc1OC)[C@@H](C(=O)Nc1ccccc1N1CCN(C)CC1)[C@@H]1c3ccccc3CCN1C2=O. The molecule has 3 aliphatic heterocycles. The van der Waals surface area contributed by atoms with Gasteiger partial charge in [-0.25, -0.2) is 0 Å². The zero-order valence-electron chi connectivity index (χ0n) is 22.6. The molecule has 2 amide bonds. The lowest BCUT2D eigenvalue weighted by atomic mass is 9.75. The van der Waals surface area contributed by atoms with Crippen LogP contribution < -0.4 is 19.7 Å². The summed E-state index contributed by atoms with van der Waals surface area (Å²) in [7, 11) is 5.25. The summed E-state index contributed by atoms with van der Waals surface area (Å²) >= 11 is 0. The first-order valence-electron chi connectivity index (χ1n) is 13.5. The molecule has 0 spiro atoms. The Kier molecular flexibility index (Phi) is 6.64. The van der Waals surface area contributed by atoms with Crippen LogP contribution in [0, 0.1) is 0 Å².